The van der Waals surface area contributed by atoms with Crippen LogP contribution in [0.5, 0.6) is 5.75 Å². The van der Waals surface area contributed by atoms with Crippen molar-refractivity contribution in [2.24, 2.45) is 0 Å². The van der Waals surface area contributed by atoms with E-state index in [1.807, 2.05) is 0 Å². The van der Waals surface area contributed by atoms with Crippen molar-refractivity contribution in [1.29, 1.82) is 0 Å². The average molecular weight is 627 g/mol. The van der Waals surface area contributed by atoms with Crippen molar-refractivity contribution in [3.63, 3.8) is 0 Å². The molecule has 0 heterocycles. The van der Waals surface area contributed by atoms with Crippen molar-refractivity contribution in [2.45, 2.75) is 77.7 Å². The molecule has 0 unspecified atom stereocenters. The lowest BCUT2D eigenvalue weighted by Gasteiger charge is -2.25. The summed E-state index contributed by atoms with van der Waals surface area (Å²) in [6.45, 7) is 6.77. The number of allylic oxidation sites excluding steroid dienone is 12. The Bertz CT molecular complexity index is 1070. The predicted octanol–water partition coefficient (Wildman–Crippen LogP) is 8.94. The van der Waals surface area contributed by atoms with Gasteiger partial charge in [0.05, 0.1) is 0 Å². The first-order valence-corrected chi connectivity index (χ1v) is 16.9. The molecule has 0 aliphatic heterocycles. The quantitative estimate of drug-likeness (QED) is 0.0940. The predicted molar refractivity (Wildman–Crippen MR) is 187 cm³/mol. The Morgan fingerprint density at radius 3 is 1.72 bits per heavy atom. The number of hydrogen-bond acceptors (Lipinski definition) is 4. The summed E-state index contributed by atoms with van der Waals surface area (Å²) in [5, 5.41) is 6.48. The molecule has 43 heavy (non-hydrogen) atoms. The van der Waals surface area contributed by atoms with E-state index in [1.54, 1.807) is 49.9 Å². The third kappa shape index (κ3) is 22.3. The molecule has 1 rings (SSSR count). The van der Waals surface area contributed by atoms with Crippen LogP contribution < -0.4 is 15.4 Å². The summed E-state index contributed by atoms with van der Waals surface area (Å²) >= 11 is 7.58. The van der Waals surface area contributed by atoms with Gasteiger partial charge in [0.25, 0.3) is 5.91 Å². The molecule has 0 radical (unpaired) electrons. The van der Waals surface area contributed by atoms with Crippen LogP contribution in [0.15, 0.2) is 97.2 Å². The minimum Gasteiger partial charge on any atom is -0.478 e. The molecule has 236 valence electrons. The van der Waals surface area contributed by atoms with Crippen molar-refractivity contribution >= 4 is 35.2 Å². The van der Waals surface area contributed by atoms with Crippen LogP contribution in [0.4, 0.5) is 0 Å². The van der Waals surface area contributed by atoms with Crippen LogP contribution >= 0.6 is 23.4 Å². The smallest absolute Gasteiger partial charge is 0.263 e. The van der Waals surface area contributed by atoms with Gasteiger partial charge < -0.3 is 15.4 Å². The summed E-state index contributed by atoms with van der Waals surface area (Å²) < 4.78 is 5.80. The molecule has 0 atom stereocenters. The zero-order valence-electron chi connectivity index (χ0n) is 26.2. The zero-order valence-corrected chi connectivity index (χ0v) is 27.8. The molecule has 0 saturated heterocycles. The second-order valence-corrected chi connectivity index (χ2v) is 11.9. The Morgan fingerprint density at radius 1 is 0.744 bits per heavy atom. The lowest BCUT2D eigenvalue weighted by molar-refractivity contribution is -0.134. The Kier molecular flexibility index (Phi) is 22.6. The summed E-state index contributed by atoms with van der Waals surface area (Å²) in [6, 6.07) is 6.94. The molecule has 2 amide bonds. The van der Waals surface area contributed by atoms with Crippen molar-refractivity contribution in [1.82, 2.24) is 10.6 Å². The minimum atomic E-state index is -0.990. The van der Waals surface area contributed by atoms with E-state index in [1.165, 1.54) is 0 Å². The Morgan fingerprint density at radius 2 is 1.21 bits per heavy atom. The summed E-state index contributed by atoms with van der Waals surface area (Å²) in [5.41, 5.74) is -0.990. The number of nitrogens with one attached hydrogen (secondary N) is 2. The van der Waals surface area contributed by atoms with Crippen LogP contribution in [0, 0.1) is 0 Å². The van der Waals surface area contributed by atoms with E-state index in [-0.39, 0.29) is 11.8 Å². The highest BCUT2D eigenvalue weighted by Gasteiger charge is 2.29. The van der Waals surface area contributed by atoms with Crippen LogP contribution in [-0.4, -0.2) is 42.0 Å². The fourth-order valence-corrected chi connectivity index (χ4v) is 4.42. The summed E-state index contributed by atoms with van der Waals surface area (Å²) in [7, 11) is 0. The third-order valence-electron chi connectivity index (χ3n) is 5.97. The number of thioether (sulfide) groups is 1. The topological polar surface area (TPSA) is 67.4 Å². The molecular formula is C36H51ClN2O3S. The van der Waals surface area contributed by atoms with E-state index < -0.39 is 5.60 Å². The Hall–Kier alpha value is -2.96. The molecule has 1 aromatic carbocycles. The Balaban J connectivity index is 1.98. The van der Waals surface area contributed by atoms with Gasteiger partial charge in [0.15, 0.2) is 5.60 Å². The first-order chi connectivity index (χ1) is 20.8. The maximum atomic E-state index is 12.5. The highest BCUT2D eigenvalue weighted by Crippen LogP contribution is 2.21. The monoisotopic (exact) mass is 626 g/mol. The molecule has 0 aliphatic rings. The number of benzene rings is 1. The first kappa shape index (κ1) is 38.1. The second kappa shape index (κ2) is 25.5. The molecule has 0 aliphatic carbocycles. The number of amides is 2. The molecule has 0 spiro atoms. The van der Waals surface area contributed by atoms with E-state index in [4.69, 9.17) is 16.3 Å². The summed E-state index contributed by atoms with van der Waals surface area (Å²) in [5.74, 6) is 2.04. The maximum absolute atomic E-state index is 12.5. The van der Waals surface area contributed by atoms with Gasteiger partial charge in [-0.3, -0.25) is 9.59 Å². The fourth-order valence-electron chi connectivity index (χ4n) is 3.60. The molecular weight excluding hydrogens is 576 g/mol. The van der Waals surface area contributed by atoms with Gasteiger partial charge in [0, 0.05) is 36.0 Å². The third-order valence-corrected chi connectivity index (χ3v) is 7.21. The maximum Gasteiger partial charge on any atom is 0.263 e. The van der Waals surface area contributed by atoms with Gasteiger partial charge in [-0.15, -0.1) is 0 Å². The van der Waals surface area contributed by atoms with E-state index >= 15 is 0 Å². The van der Waals surface area contributed by atoms with E-state index in [0.29, 0.717) is 30.3 Å². The fraction of sp³-hybridized carbons (Fsp3) is 0.444. The van der Waals surface area contributed by atoms with Crippen molar-refractivity contribution in [3.8, 4) is 5.75 Å². The second-order valence-electron chi connectivity index (χ2n) is 10.2. The lowest BCUT2D eigenvalue weighted by atomic mass is 10.1. The first-order valence-electron chi connectivity index (χ1n) is 15.3. The standard InChI is InChI=1S/C36H51ClN2O3S/c1-4-5-6-7-8-9-10-11-12-13-14-15-16-17-18-19-20-21-22-23-34(40)38-28-30-43-31-29-39-35(41)36(2,3)42-33-26-24-32(37)25-27-33/h5-6,8-9,11-12,14-15,17-18,20-21,24-27H,4,7,10,13,16,19,22-23,28-31H2,1-3H3,(H,38,40)(H,39,41)/b6-5-,9-8-,12-11-,15-14-,18-17-,21-20-. The number of halogens is 1. The molecule has 0 bridgehead atoms. The van der Waals surface area contributed by atoms with Crippen LogP contribution in [0.3, 0.4) is 0 Å². The molecule has 5 nitrogen and oxygen atoms in total. The Labute approximate surface area is 269 Å². The van der Waals surface area contributed by atoms with Crippen molar-refractivity contribution in [2.75, 3.05) is 24.6 Å². The number of carbonyl (C=O) groups is 2. The number of ether oxygens (including phenoxy) is 1. The molecule has 7 heteroatoms. The zero-order chi connectivity index (χ0) is 31.4. The van der Waals surface area contributed by atoms with E-state index in [0.717, 1.165) is 56.5 Å². The number of rotatable bonds is 23. The van der Waals surface area contributed by atoms with Gasteiger partial charge in [-0.1, -0.05) is 91.4 Å². The molecule has 0 fully saturated rings. The average Bonchev–Trinajstić information content (AvgIpc) is 2.98. The van der Waals surface area contributed by atoms with Gasteiger partial charge in [0.2, 0.25) is 5.91 Å². The van der Waals surface area contributed by atoms with Gasteiger partial charge >= 0.3 is 0 Å². The highest BCUT2D eigenvalue weighted by molar-refractivity contribution is 7.99. The molecule has 0 saturated carbocycles. The molecule has 2 N–H and O–H groups in total. The lowest BCUT2D eigenvalue weighted by Crippen LogP contribution is -2.47. The summed E-state index contributed by atoms with van der Waals surface area (Å²) in [6.07, 6.45) is 33.2. The number of hydrogen-bond donors (Lipinski definition) is 2. The van der Waals surface area contributed by atoms with Gasteiger partial charge in [-0.25, -0.2) is 0 Å². The van der Waals surface area contributed by atoms with Gasteiger partial charge in [-0.2, -0.15) is 11.8 Å². The highest BCUT2D eigenvalue weighted by atomic mass is 35.5. The van der Waals surface area contributed by atoms with Crippen LogP contribution in [0.25, 0.3) is 0 Å². The molecule has 0 aromatic heterocycles. The van der Waals surface area contributed by atoms with E-state index in [9.17, 15) is 9.59 Å². The number of carbonyl (C=O) groups excluding carboxylic acids is 2. The van der Waals surface area contributed by atoms with Gasteiger partial charge in [-0.05, 0) is 83.1 Å². The van der Waals surface area contributed by atoms with Crippen molar-refractivity contribution in [3.05, 3.63) is 102 Å². The van der Waals surface area contributed by atoms with Crippen LogP contribution in [0.2, 0.25) is 5.02 Å². The summed E-state index contributed by atoms with van der Waals surface area (Å²) in [4.78, 5) is 24.5. The van der Waals surface area contributed by atoms with Crippen LogP contribution in [-0.2, 0) is 9.59 Å². The normalized spacial score (nSPS) is 12.6. The van der Waals surface area contributed by atoms with Crippen LogP contribution in [0.1, 0.15) is 72.1 Å². The van der Waals surface area contributed by atoms with E-state index in [2.05, 4.69) is 90.5 Å². The minimum absolute atomic E-state index is 0.0644. The van der Waals surface area contributed by atoms with Gasteiger partial charge in [0.1, 0.15) is 5.75 Å². The molecule has 1 aromatic rings. The largest absolute Gasteiger partial charge is 0.478 e. The SMILES string of the molecule is CC/C=C\C/C=C\C/C=C\C/C=C\C/C=C\C/C=C\CCC(=O)NCCSCCNC(=O)C(C)(C)Oc1ccc(Cl)cc1. The van der Waals surface area contributed by atoms with Crippen molar-refractivity contribution < 1.29 is 14.3 Å².